The van der Waals surface area contributed by atoms with Crippen LogP contribution in [-0.2, 0) is 11.3 Å². The molecule has 0 saturated heterocycles. The minimum absolute atomic E-state index is 0.0753. The molecule has 0 atom stereocenters. The van der Waals surface area contributed by atoms with Gasteiger partial charge in [-0.15, -0.1) is 0 Å². The van der Waals surface area contributed by atoms with Crippen LogP contribution < -0.4 is 10.9 Å². The molecule has 4 rings (SSSR count). The maximum atomic E-state index is 12.8. The Balaban J connectivity index is 1.56. The molecule has 0 aliphatic carbocycles. The van der Waals surface area contributed by atoms with Crippen molar-refractivity contribution in [3.05, 3.63) is 52.8 Å². The molecule has 2 heterocycles. The second-order valence-electron chi connectivity index (χ2n) is 6.14. The van der Waals surface area contributed by atoms with Gasteiger partial charge in [-0.2, -0.15) is 8.75 Å². The number of benzene rings is 2. The van der Waals surface area contributed by atoms with E-state index in [2.05, 4.69) is 19.0 Å². The van der Waals surface area contributed by atoms with Crippen molar-refractivity contribution in [1.82, 2.24) is 18.3 Å². The molecule has 1 N–H and O–H groups in total. The lowest BCUT2D eigenvalue weighted by Crippen LogP contribution is -2.24. The molecule has 28 heavy (non-hydrogen) atoms. The fraction of sp³-hybridized carbons (Fsp3) is 0.211. The van der Waals surface area contributed by atoms with Gasteiger partial charge in [0.05, 0.1) is 34.1 Å². The minimum Gasteiger partial charge on any atom is -0.323 e. The van der Waals surface area contributed by atoms with E-state index < -0.39 is 0 Å². The van der Waals surface area contributed by atoms with E-state index in [0.29, 0.717) is 33.8 Å². The fourth-order valence-corrected chi connectivity index (χ4v) is 4.28. The molecule has 4 aromatic rings. The zero-order chi connectivity index (χ0) is 19.5. The van der Waals surface area contributed by atoms with E-state index in [4.69, 9.17) is 0 Å². The van der Waals surface area contributed by atoms with Gasteiger partial charge in [-0.3, -0.25) is 14.2 Å². The Morgan fingerprint density at radius 2 is 1.96 bits per heavy atom. The largest absolute Gasteiger partial charge is 0.323 e. The number of aromatic nitrogens is 4. The maximum Gasteiger partial charge on any atom is 0.262 e. The van der Waals surface area contributed by atoms with Gasteiger partial charge < -0.3 is 5.32 Å². The highest BCUT2D eigenvalue weighted by molar-refractivity contribution is 7.99. The van der Waals surface area contributed by atoms with Crippen LogP contribution in [0.2, 0.25) is 0 Å². The normalized spacial score (nSPS) is 11.2. The number of fused-ring (bicyclic) bond motifs is 2. The van der Waals surface area contributed by atoms with E-state index in [-0.39, 0.29) is 17.2 Å². The summed E-state index contributed by atoms with van der Waals surface area (Å²) in [4.78, 5) is 29.9. The van der Waals surface area contributed by atoms with Crippen molar-refractivity contribution in [2.24, 2.45) is 0 Å². The molecule has 9 heteroatoms. The second-order valence-corrected chi connectivity index (χ2v) is 7.61. The van der Waals surface area contributed by atoms with Crippen molar-refractivity contribution < 1.29 is 4.79 Å². The molecular weight excluding hydrogens is 394 g/mol. The van der Waals surface area contributed by atoms with Gasteiger partial charge >= 0.3 is 0 Å². The molecular formula is C19H17N5O2S2. The molecule has 0 saturated carbocycles. The molecule has 0 aliphatic heterocycles. The predicted octanol–water partition coefficient (Wildman–Crippen LogP) is 3.54. The third kappa shape index (κ3) is 3.63. The van der Waals surface area contributed by atoms with E-state index in [9.17, 15) is 9.59 Å². The number of hydrogen-bond acceptors (Lipinski definition) is 7. The molecule has 0 aliphatic rings. The van der Waals surface area contributed by atoms with Gasteiger partial charge in [0.1, 0.15) is 11.0 Å². The third-order valence-electron chi connectivity index (χ3n) is 4.17. The molecule has 0 unspecified atom stereocenters. The number of thioether (sulfide) groups is 1. The predicted molar refractivity (Wildman–Crippen MR) is 113 cm³/mol. The Labute approximate surface area is 169 Å². The summed E-state index contributed by atoms with van der Waals surface area (Å²) in [7, 11) is 0. The Kier molecular flexibility index (Phi) is 5.36. The van der Waals surface area contributed by atoms with Crippen molar-refractivity contribution >= 4 is 57.0 Å². The van der Waals surface area contributed by atoms with Gasteiger partial charge in [0.2, 0.25) is 5.91 Å². The van der Waals surface area contributed by atoms with Crippen LogP contribution in [0.1, 0.15) is 13.3 Å². The van der Waals surface area contributed by atoms with Crippen molar-refractivity contribution in [2.45, 2.75) is 25.0 Å². The number of anilines is 1. The lowest BCUT2D eigenvalue weighted by atomic mass is 10.2. The van der Waals surface area contributed by atoms with E-state index >= 15 is 0 Å². The fourth-order valence-electron chi connectivity index (χ4n) is 2.90. The SMILES string of the molecule is CCCn1c(SCC(=O)Nc2cccc3nsnc23)nc2ccccc2c1=O. The van der Waals surface area contributed by atoms with Gasteiger partial charge in [-0.25, -0.2) is 4.98 Å². The summed E-state index contributed by atoms with van der Waals surface area (Å²) in [5.74, 6) is -0.0430. The first-order valence-electron chi connectivity index (χ1n) is 8.81. The van der Waals surface area contributed by atoms with Crippen molar-refractivity contribution in [3.63, 3.8) is 0 Å². The van der Waals surface area contributed by atoms with Crippen LogP contribution in [0.4, 0.5) is 5.69 Å². The first kappa shape index (κ1) is 18.6. The smallest absolute Gasteiger partial charge is 0.262 e. The summed E-state index contributed by atoms with van der Waals surface area (Å²) in [6.45, 7) is 2.57. The Hall–Kier alpha value is -2.78. The summed E-state index contributed by atoms with van der Waals surface area (Å²) in [6.07, 6.45) is 0.804. The van der Waals surface area contributed by atoms with Crippen LogP contribution in [0.25, 0.3) is 21.9 Å². The first-order chi connectivity index (χ1) is 13.7. The number of nitrogens with one attached hydrogen (secondary N) is 1. The van der Waals surface area contributed by atoms with Crippen molar-refractivity contribution in [1.29, 1.82) is 0 Å². The third-order valence-corrected chi connectivity index (χ3v) is 5.69. The van der Waals surface area contributed by atoms with E-state index in [1.54, 1.807) is 16.7 Å². The van der Waals surface area contributed by atoms with Crippen LogP contribution in [0.3, 0.4) is 0 Å². The molecule has 7 nitrogen and oxygen atoms in total. The first-order valence-corrected chi connectivity index (χ1v) is 10.5. The number of amides is 1. The van der Waals surface area contributed by atoms with Crippen molar-refractivity contribution in [2.75, 3.05) is 11.1 Å². The van der Waals surface area contributed by atoms with Crippen LogP contribution in [0, 0.1) is 0 Å². The average molecular weight is 412 g/mol. The molecule has 142 valence electrons. The highest BCUT2D eigenvalue weighted by Crippen LogP contribution is 2.22. The van der Waals surface area contributed by atoms with Crippen LogP contribution in [0.15, 0.2) is 52.4 Å². The van der Waals surface area contributed by atoms with Gasteiger partial charge in [0, 0.05) is 6.54 Å². The Bertz CT molecular complexity index is 1220. The standard InChI is InChI=1S/C19H17N5O2S2/c1-2-10-24-18(26)12-6-3-4-7-13(12)21-19(24)27-11-16(25)20-14-8-5-9-15-17(14)23-28-22-15/h3-9H,2,10-11H2,1H3,(H,20,25). The van der Waals surface area contributed by atoms with Gasteiger partial charge in [-0.1, -0.05) is 36.9 Å². The molecule has 0 radical (unpaired) electrons. The lowest BCUT2D eigenvalue weighted by molar-refractivity contribution is -0.113. The zero-order valence-electron chi connectivity index (χ0n) is 15.1. The highest BCUT2D eigenvalue weighted by Gasteiger charge is 2.14. The topological polar surface area (TPSA) is 89.8 Å². The number of para-hydroxylation sites is 1. The lowest BCUT2D eigenvalue weighted by Gasteiger charge is -2.12. The van der Waals surface area contributed by atoms with E-state index in [0.717, 1.165) is 23.7 Å². The summed E-state index contributed by atoms with van der Waals surface area (Å²) >= 11 is 2.37. The zero-order valence-corrected chi connectivity index (χ0v) is 16.7. The quantitative estimate of drug-likeness (QED) is 0.386. The van der Waals surface area contributed by atoms with E-state index in [1.807, 2.05) is 37.3 Å². The number of carbonyl (C=O) groups excluding carboxylic acids is 1. The molecule has 2 aromatic carbocycles. The number of nitrogens with zero attached hydrogens (tertiary/aromatic N) is 4. The number of hydrogen-bond donors (Lipinski definition) is 1. The average Bonchev–Trinajstić information content (AvgIpc) is 3.19. The van der Waals surface area contributed by atoms with Crippen LogP contribution in [-0.4, -0.2) is 30.0 Å². The van der Waals surface area contributed by atoms with E-state index in [1.165, 1.54) is 11.8 Å². The summed E-state index contributed by atoms with van der Waals surface area (Å²) in [5, 5.41) is 4.01. The van der Waals surface area contributed by atoms with Crippen molar-refractivity contribution in [3.8, 4) is 0 Å². The Morgan fingerprint density at radius 1 is 1.14 bits per heavy atom. The minimum atomic E-state index is -0.184. The molecule has 0 spiro atoms. The van der Waals surface area contributed by atoms with Crippen LogP contribution in [0.5, 0.6) is 0 Å². The summed E-state index contributed by atoms with van der Waals surface area (Å²) in [6, 6.07) is 12.8. The molecule has 0 fully saturated rings. The Morgan fingerprint density at radius 3 is 2.82 bits per heavy atom. The highest BCUT2D eigenvalue weighted by atomic mass is 32.2. The molecule has 1 amide bonds. The molecule has 2 aromatic heterocycles. The second kappa shape index (κ2) is 8.07. The maximum absolute atomic E-state index is 12.8. The van der Waals surface area contributed by atoms with Gasteiger partial charge in [-0.05, 0) is 30.7 Å². The number of carbonyl (C=O) groups is 1. The molecule has 0 bridgehead atoms. The van der Waals surface area contributed by atoms with Gasteiger partial charge in [0.15, 0.2) is 5.16 Å². The summed E-state index contributed by atoms with van der Waals surface area (Å²) < 4.78 is 10.0. The van der Waals surface area contributed by atoms with Gasteiger partial charge in [0.25, 0.3) is 5.56 Å². The number of rotatable bonds is 6. The summed E-state index contributed by atoms with van der Waals surface area (Å²) in [5.41, 5.74) is 2.63. The monoisotopic (exact) mass is 411 g/mol. The van der Waals surface area contributed by atoms with Crippen LogP contribution >= 0.6 is 23.5 Å².